The van der Waals surface area contributed by atoms with Crippen LogP contribution >= 0.6 is 11.1 Å². The molecule has 1 rings (SSSR count). The molecule has 0 saturated carbocycles. The van der Waals surface area contributed by atoms with Gasteiger partial charge in [-0.25, -0.2) is 0 Å². The fourth-order valence-electron chi connectivity index (χ4n) is 0.790. The third-order valence-corrected chi connectivity index (χ3v) is 3.29. The Morgan fingerprint density at radius 2 is 2.07 bits per heavy atom. The molecule has 0 aromatic carbocycles. The van der Waals surface area contributed by atoms with Gasteiger partial charge in [-0.2, -0.15) is 11.1 Å². The highest BCUT2D eigenvalue weighted by Gasteiger charge is 2.21. The molecule has 88 valence electrons. The van der Waals surface area contributed by atoms with E-state index in [1.807, 2.05) is 6.08 Å². The van der Waals surface area contributed by atoms with Crippen molar-refractivity contribution < 1.29 is 9.47 Å². The molecule has 4 heteroatoms. The van der Waals surface area contributed by atoms with E-state index in [0.29, 0.717) is 12.7 Å². The molecule has 0 bridgehead atoms. The van der Waals surface area contributed by atoms with Gasteiger partial charge in [0.15, 0.2) is 7.38 Å². The van der Waals surface area contributed by atoms with E-state index in [1.54, 1.807) is 6.08 Å². The van der Waals surface area contributed by atoms with Crippen LogP contribution in [0.5, 0.6) is 0 Å². The minimum atomic E-state index is -1.30. The number of hydrogen-bond donors (Lipinski definition) is 0. The third-order valence-electron chi connectivity index (χ3n) is 1.57. The largest absolute Gasteiger partial charge is 0.375 e. The molecule has 0 aliphatic carbocycles. The second-order valence-electron chi connectivity index (χ2n) is 3.99. The van der Waals surface area contributed by atoms with Crippen LogP contribution < -0.4 is 0 Å². The van der Waals surface area contributed by atoms with Crippen molar-refractivity contribution in [3.63, 3.8) is 0 Å². The molecule has 1 atom stereocenters. The van der Waals surface area contributed by atoms with E-state index in [0.717, 1.165) is 19.3 Å². The average Bonchev–Trinajstić information content (AvgIpc) is 2.87. The normalized spacial score (nSPS) is 18.7. The molecule has 0 aromatic rings. The molecule has 1 unspecified atom stereocenters. The molecule has 1 saturated heterocycles. The molecule has 1 heterocycles. The van der Waals surface area contributed by atoms with E-state index in [-0.39, 0.29) is 0 Å². The Morgan fingerprint density at radius 3 is 2.33 bits per heavy atom. The summed E-state index contributed by atoms with van der Waals surface area (Å²) >= 11 is 5.90. The molecule has 1 aliphatic rings. The van der Waals surface area contributed by atoms with Crippen LogP contribution in [0.25, 0.3) is 0 Å². The van der Waals surface area contributed by atoms with Gasteiger partial charge in [0.2, 0.25) is 0 Å². The lowest BCUT2D eigenvalue weighted by Crippen LogP contribution is -2.13. The van der Waals surface area contributed by atoms with Crippen LogP contribution in [-0.4, -0.2) is 33.3 Å². The van der Waals surface area contributed by atoms with Crippen molar-refractivity contribution in [2.45, 2.75) is 25.2 Å². The van der Waals surface area contributed by atoms with Gasteiger partial charge in [0.25, 0.3) is 0 Å². The number of halogens is 1. The van der Waals surface area contributed by atoms with Crippen LogP contribution in [0, 0.1) is 0 Å². The highest BCUT2D eigenvalue weighted by Crippen LogP contribution is 2.13. The standard InChI is InChI=1S/C6H10O2.C5H11ClSi/c1-2-3-7-4-6-5-8-6;1-4-5-7(2,3)6/h2,6H,1,3-5H2;4H,1,5H2,2-3H3. The molecule has 2 nitrogen and oxygen atoms in total. The van der Waals surface area contributed by atoms with Gasteiger partial charge in [0.05, 0.1) is 19.8 Å². The maximum absolute atomic E-state index is 5.90. The Bertz CT molecular complexity index is 186. The molecular weight excluding hydrogens is 228 g/mol. The van der Waals surface area contributed by atoms with Crippen LogP contribution in [-0.2, 0) is 9.47 Å². The monoisotopic (exact) mass is 248 g/mol. The Labute approximate surface area is 98.6 Å². The predicted molar refractivity (Wildman–Crippen MR) is 69.1 cm³/mol. The second kappa shape index (κ2) is 8.10. The summed E-state index contributed by atoms with van der Waals surface area (Å²) in [5, 5.41) is 0. The van der Waals surface area contributed by atoms with E-state index >= 15 is 0 Å². The minimum Gasteiger partial charge on any atom is -0.375 e. The minimum absolute atomic E-state index is 0.384. The highest BCUT2D eigenvalue weighted by atomic mass is 35.6. The van der Waals surface area contributed by atoms with E-state index in [1.165, 1.54) is 0 Å². The molecule has 0 radical (unpaired) electrons. The quantitative estimate of drug-likeness (QED) is 0.237. The predicted octanol–water partition coefficient (Wildman–Crippen LogP) is 3.20. The molecule has 0 N–H and O–H groups in total. The molecule has 1 fully saturated rings. The van der Waals surface area contributed by atoms with Gasteiger partial charge in [-0.05, 0) is 6.04 Å². The maximum atomic E-state index is 5.90. The van der Waals surface area contributed by atoms with E-state index in [9.17, 15) is 0 Å². The lowest BCUT2D eigenvalue weighted by molar-refractivity contribution is 0.141. The van der Waals surface area contributed by atoms with Crippen molar-refractivity contribution in [2.75, 3.05) is 19.8 Å². The number of allylic oxidation sites excluding steroid dienone is 1. The van der Waals surface area contributed by atoms with Crippen LogP contribution in [0.2, 0.25) is 19.1 Å². The molecule has 0 spiro atoms. The molecule has 0 amide bonds. The topological polar surface area (TPSA) is 21.8 Å². The van der Waals surface area contributed by atoms with Crippen LogP contribution in [0.1, 0.15) is 0 Å². The van der Waals surface area contributed by atoms with Crippen molar-refractivity contribution in [2.24, 2.45) is 0 Å². The van der Waals surface area contributed by atoms with Gasteiger partial charge in [-0.3, -0.25) is 0 Å². The smallest absolute Gasteiger partial charge is 0.154 e. The zero-order valence-electron chi connectivity index (χ0n) is 9.67. The van der Waals surface area contributed by atoms with Crippen molar-refractivity contribution >= 4 is 18.5 Å². The first-order valence-electron chi connectivity index (χ1n) is 5.09. The number of epoxide rings is 1. The van der Waals surface area contributed by atoms with E-state index < -0.39 is 7.38 Å². The van der Waals surface area contributed by atoms with Crippen LogP contribution in [0.15, 0.2) is 25.3 Å². The first-order chi connectivity index (χ1) is 6.99. The van der Waals surface area contributed by atoms with Crippen molar-refractivity contribution in [1.82, 2.24) is 0 Å². The Balaban J connectivity index is 0.000000265. The summed E-state index contributed by atoms with van der Waals surface area (Å²) in [4.78, 5) is 0. The SMILES string of the molecule is C=CCOCC1CO1.C=CC[Si](C)(C)Cl. The summed E-state index contributed by atoms with van der Waals surface area (Å²) in [5.74, 6) is 0. The van der Waals surface area contributed by atoms with Gasteiger partial charge in [-0.1, -0.05) is 25.2 Å². The van der Waals surface area contributed by atoms with Crippen molar-refractivity contribution in [1.29, 1.82) is 0 Å². The van der Waals surface area contributed by atoms with E-state index in [4.69, 9.17) is 20.6 Å². The maximum Gasteiger partial charge on any atom is 0.154 e. The fraction of sp³-hybridized carbons (Fsp3) is 0.636. The summed E-state index contributed by atoms with van der Waals surface area (Å²) in [6.07, 6.45) is 4.01. The summed E-state index contributed by atoms with van der Waals surface area (Å²) in [7, 11) is -1.30. The number of rotatable bonds is 6. The van der Waals surface area contributed by atoms with Crippen LogP contribution in [0.3, 0.4) is 0 Å². The highest BCUT2D eigenvalue weighted by molar-refractivity contribution is 7.19. The number of hydrogen-bond acceptors (Lipinski definition) is 2. The lowest BCUT2D eigenvalue weighted by Gasteiger charge is -2.06. The average molecular weight is 249 g/mol. The molecule has 0 aromatic heterocycles. The second-order valence-corrected chi connectivity index (χ2v) is 10.9. The molecule has 1 aliphatic heterocycles. The Kier molecular flexibility index (Phi) is 8.05. The zero-order valence-corrected chi connectivity index (χ0v) is 11.4. The summed E-state index contributed by atoms with van der Waals surface area (Å²) in [6, 6.07) is 1.01. The van der Waals surface area contributed by atoms with Crippen LogP contribution in [0.4, 0.5) is 0 Å². The summed E-state index contributed by atoms with van der Waals surface area (Å²) in [6.45, 7) is 13.6. The fourth-order valence-corrected chi connectivity index (χ4v) is 1.80. The van der Waals surface area contributed by atoms with E-state index in [2.05, 4.69) is 26.3 Å². The molecule has 15 heavy (non-hydrogen) atoms. The summed E-state index contributed by atoms with van der Waals surface area (Å²) in [5.41, 5.74) is 0. The van der Waals surface area contributed by atoms with Crippen molar-refractivity contribution in [3.8, 4) is 0 Å². The van der Waals surface area contributed by atoms with Gasteiger partial charge in [0.1, 0.15) is 6.10 Å². The zero-order chi connectivity index (χ0) is 11.7. The lowest BCUT2D eigenvalue weighted by atomic mass is 10.5. The van der Waals surface area contributed by atoms with Gasteiger partial charge >= 0.3 is 0 Å². The molecular formula is C11H21ClO2Si. The van der Waals surface area contributed by atoms with Gasteiger partial charge in [0, 0.05) is 0 Å². The van der Waals surface area contributed by atoms with Gasteiger partial charge < -0.3 is 9.47 Å². The Hall–Kier alpha value is -0.0931. The Morgan fingerprint density at radius 1 is 1.47 bits per heavy atom. The first kappa shape index (κ1) is 14.9. The number of ether oxygens (including phenoxy) is 2. The van der Waals surface area contributed by atoms with Gasteiger partial charge in [-0.15, -0.1) is 13.2 Å². The summed E-state index contributed by atoms with van der Waals surface area (Å²) < 4.78 is 9.96. The van der Waals surface area contributed by atoms with Crippen molar-refractivity contribution in [3.05, 3.63) is 25.3 Å². The first-order valence-corrected chi connectivity index (χ1v) is 9.31. The third kappa shape index (κ3) is 13.9.